The van der Waals surface area contributed by atoms with Gasteiger partial charge in [0.05, 0.1) is 11.9 Å². The number of rotatable bonds is 1. The lowest BCUT2D eigenvalue weighted by Gasteiger charge is -2.11. The van der Waals surface area contributed by atoms with Crippen molar-refractivity contribution in [2.45, 2.75) is 6.54 Å². The molecule has 3 rings (SSSR count). The standard InChI is InChI=1S/C14H13FN2O/c15-11-4-5-13(17-9-11)12-3-1-2-10-8-16-6-7-18-14(10)12/h1-5,9,16H,6-8H2. The fraction of sp³-hybridized carbons (Fsp3) is 0.214. The van der Waals surface area contributed by atoms with Gasteiger partial charge in [-0.1, -0.05) is 12.1 Å². The topological polar surface area (TPSA) is 34.1 Å². The summed E-state index contributed by atoms with van der Waals surface area (Å²) in [6, 6.07) is 9.03. The number of aromatic nitrogens is 1. The van der Waals surface area contributed by atoms with Crippen LogP contribution in [-0.4, -0.2) is 18.1 Å². The summed E-state index contributed by atoms with van der Waals surface area (Å²) in [6.45, 7) is 2.24. The number of hydrogen-bond acceptors (Lipinski definition) is 3. The van der Waals surface area contributed by atoms with Gasteiger partial charge in [-0.3, -0.25) is 4.98 Å². The van der Waals surface area contributed by atoms with Crippen LogP contribution in [0.1, 0.15) is 5.56 Å². The lowest BCUT2D eigenvalue weighted by Crippen LogP contribution is -2.16. The Labute approximate surface area is 105 Å². The molecule has 3 nitrogen and oxygen atoms in total. The second-order valence-corrected chi connectivity index (χ2v) is 4.18. The van der Waals surface area contributed by atoms with Gasteiger partial charge in [0.25, 0.3) is 0 Å². The lowest BCUT2D eigenvalue weighted by atomic mass is 10.1. The van der Waals surface area contributed by atoms with E-state index in [0.717, 1.165) is 35.7 Å². The maximum Gasteiger partial charge on any atom is 0.141 e. The highest BCUT2D eigenvalue weighted by Gasteiger charge is 2.14. The number of hydrogen-bond donors (Lipinski definition) is 1. The van der Waals surface area contributed by atoms with Crippen LogP contribution in [-0.2, 0) is 6.54 Å². The quantitative estimate of drug-likeness (QED) is 0.836. The molecule has 1 aromatic heterocycles. The van der Waals surface area contributed by atoms with Gasteiger partial charge in [0.2, 0.25) is 0 Å². The van der Waals surface area contributed by atoms with E-state index >= 15 is 0 Å². The van der Waals surface area contributed by atoms with E-state index in [0.29, 0.717) is 6.61 Å². The van der Waals surface area contributed by atoms with Crippen molar-refractivity contribution in [1.29, 1.82) is 0 Å². The minimum Gasteiger partial charge on any atom is -0.491 e. The smallest absolute Gasteiger partial charge is 0.141 e. The molecule has 1 aromatic carbocycles. The molecule has 2 aromatic rings. The van der Waals surface area contributed by atoms with E-state index in [1.807, 2.05) is 18.2 Å². The Morgan fingerprint density at radius 2 is 2.17 bits per heavy atom. The van der Waals surface area contributed by atoms with Crippen molar-refractivity contribution >= 4 is 0 Å². The number of para-hydroxylation sites is 1. The average Bonchev–Trinajstić information content (AvgIpc) is 2.64. The van der Waals surface area contributed by atoms with Crippen LogP contribution in [0.5, 0.6) is 5.75 Å². The van der Waals surface area contributed by atoms with Crippen molar-refractivity contribution < 1.29 is 9.13 Å². The third-order valence-corrected chi connectivity index (χ3v) is 2.94. The molecule has 2 heterocycles. The Balaban J connectivity index is 2.09. The molecule has 0 bridgehead atoms. The highest BCUT2D eigenvalue weighted by Crippen LogP contribution is 2.32. The van der Waals surface area contributed by atoms with E-state index < -0.39 is 0 Å². The molecule has 92 valence electrons. The summed E-state index contributed by atoms with van der Waals surface area (Å²) >= 11 is 0. The molecule has 1 aliphatic rings. The third kappa shape index (κ3) is 2.07. The molecule has 0 saturated carbocycles. The van der Waals surface area contributed by atoms with Crippen LogP contribution in [0.2, 0.25) is 0 Å². The fourth-order valence-corrected chi connectivity index (χ4v) is 2.08. The predicted octanol–water partition coefficient (Wildman–Crippen LogP) is 2.37. The number of nitrogens with zero attached hydrogens (tertiary/aromatic N) is 1. The molecule has 0 saturated heterocycles. The number of nitrogens with one attached hydrogen (secondary N) is 1. The summed E-state index contributed by atoms with van der Waals surface area (Å²) in [6.07, 6.45) is 1.23. The predicted molar refractivity (Wildman–Crippen MR) is 66.8 cm³/mol. The van der Waals surface area contributed by atoms with Gasteiger partial charge < -0.3 is 10.1 Å². The molecule has 0 amide bonds. The molecule has 0 unspecified atom stereocenters. The molecule has 18 heavy (non-hydrogen) atoms. The van der Waals surface area contributed by atoms with E-state index in [-0.39, 0.29) is 5.82 Å². The number of benzene rings is 1. The molecular formula is C14H13FN2O. The number of pyridine rings is 1. The van der Waals surface area contributed by atoms with E-state index in [2.05, 4.69) is 10.3 Å². The minimum atomic E-state index is -0.330. The average molecular weight is 244 g/mol. The van der Waals surface area contributed by atoms with Crippen molar-refractivity contribution in [1.82, 2.24) is 10.3 Å². The zero-order valence-electron chi connectivity index (χ0n) is 9.82. The van der Waals surface area contributed by atoms with Gasteiger partial charge in [0.15, 0.2) is 0 Å². The second kappa shape index (κ2) is 4.74. The zero-order chi connectivity index (χ0) is 12.4. The van der Waals surface area contributed by atoms with E-state index in [9.17, 15) is 4.39 Å². The monoisotopic (exact) mass is 244 g/mol. The third-order valence-electron chi connectivity index (χ3n) is 2.94. The van der Waals surface area contributed by atoms with Crippen LogP contribution >= 0.6 is 0 Å². The summed E-state index contributed by atoms with van der Waals surface area (Å²) in [7, 11) is 0. The van der Waals surface area contributed by atoms with Gasteiger partial charge in [0, 0.05) is 24.2 Å². The molecule has 1 aliphatic heterocycles. The van der Waals surface area contributed by atoms with Gasteiger partial charge in [0.1, 0.15) is 18.2 Å². The van der Waals surface area contributed by atoms with Crippen LogP contribution in [0.25, 0.3) is 11.3 Å². The van der Waals surface area contributed by atoms with Crippen LogP contribution in [0.15, 0.2) is 36.5 Å². The summed E-state index contributed by atoms with van der Waals surface area (Å²) in [5.74, 6) is 0.518. The molecule has 1 N–H and O–H groups in total. The van der Waals surface area contributed by atoms with E-state index in [1.54, 1.807) is 6.07 Å². The van der Waals surface area contributed by atoms with Crippen molar-refractivity contribution in [3.63, 3.8) is 0 Å². The van der Waals surface area contributed by atoms with Gasteiger partial charge in [-0.2, -0.15) is 0 Å². The Hall–Kier alpha value is -1.94. The summed E-state index contributed by atoms with van der Waals surface area (Å²) < 4.78 is 18.7. The zero-order valence-corrected chi connectivity index (χ0v) is 9.82. The first-order valence-electron chi connectivity index (χ1n) is 5.92. The van der Waals surface area contributed by atoms with Crippen LogP contribution < -0.4 is 10.1 Å². The fourth-order valence-electron chi connectivity index (χ4n) is 2.08. The van der Waals surface area contributed by atoms with Crippen molar-refractivity contribution in [3.05, 3.63) is 47.9 Å². The van der Waals surface area contributed by atoms with Gasteiger partial charge in [-0.25, -0.2) is 4.39 Å². The maximum atomic E-state index is 12.9. The van der Waals surface area contributed by atoms with Gasteiger partial charge in [-0.05, 0) is 18.2 Å². The Bertz CT molecular complexity index is 554. The van der Waals surface area contributed by atoms with E-state index in [4.69, 9.17) is 4.74 Å². The Morgan fingerprint density at radius 1 is 1.22 bits per heavy atom. The molecule has 0 fully saturated rings. The second-order valence-electron chi connectivity index (χ2n) is 4.18. The largest absolute Gasteiger partial charge is 0.491 e. The number of halogens is 1. The number of ether oxygens (including phenoxy) is 1. The highest BCUT2D eigenvalue weighted by atomic mass is 19.1. The summed E-state index contributed by atoms with van der Waals surface area (Å²) in [5, 5.41) is 3.29. The summed E-state index contributed by atoms with van der Waals surface area (Å²) in [5.41, 5.74) is 2.75. The minimum absolute atomic E-state index is 0.330. The van der Waals surface area contributed by atoms with Crippen molar-refractivity contribution in [2.75, 3.05) is 13.2 Å². The van der Waals surface area contributed by atoms with Gasteiger partial charge >= 0.3 is 0 Å². The van der Waals surface area contributed by atoms with Gasteiger partial charge in [-0.15, -0.1) is 0 Å². The Morgan fingerprint density at radius 3 is 3.00 bits per heavy atom. The number of fused-ring (bicyclic) bond motifs is 1. The summed E-state index contributed by atoms with van der Waals surface area (Å²) in [4.78, 5) is 4.11. The molecule has 4 heteroatoms. The lowest BCUT2D eigenvalue weighted by molar-refractivity contribution is 0.327. The van der Waals surface area contributed by atoms with Crippen LogP contribution in [0.3, 0.4) is 0 Å². The van der Waals surface area contributed by atoms with Crippen LogP contribution in [0, 0.1) is 5.82 Å². The highest BCUT2D eigenvalue weighted by molar-refractivity contribution is 5.69. The Kier molecular flexibility index (Phi) is 2.94. The van der Waals surface area contributed by atoms with Crippen LogP contribution in [0.4, 0.5) is 4.39 Å². The first kappa shape index (κ1) is 11.2. The molecule has 0 spiro atoms. The SMILES string of the molecule is Fc1ccc(-c2cccc3c2OCCNC3)nc1. The molecule has 0 aliphatic carbocycles. The first-order valence-corrected chi connectivity index (χ1v) is 5.92. The van der Waals surface area contributed by atoms with Crippen molar-refractivity contribution in [2.24, 2.45) is 0 Å². The molecule has 0 atom stereocenters. The molecular weight excluding hydrogens is 231 g/mol. The first-order chi connectivity index (χ1) is 8.84. The normalized spacial score (nSPS) is 14.5. The maximum absolute atomic E-state index is 12.9. The molecule has 0 radical (unpaired) electrons. The van der Waals surface area contributed by atoms with Crippen molar-refractivity contribution in [3.8, 4) is 17.0 Å². The van der Waals surface area contributed by atoms with E-state index in [1.165, 1.54) is 12.3 Å².